The lowest BCUT2D eigenvalue weighted by Crippen LogP contribution is -2.27. The summed E-state index contributed by atoms with van der Waals surface area (Å²) >= 11 is 1.02. The first-order valence-corrected chi connectivity index (χ1v) is 9.45. The number of nitrogen functional groups attached to an aromatic ring is 1. The Hall–Kier alpha value is -2.81. The van der Waals surface area contributed by atoms with Crippen LogP contribution < -0.4 is 20.5 Å². The van der Waals surface area contributed by atoms with E-state index in [1.54, 1.807) is 6.07 Å². The zero-order valence-corrected chi connectivity index (χ0v) is 15.3. The van der Waals surface area contributed by atoms with Gasteiger partial charge in [0, 0.05) is 17.7 Å². The van der Waals surface area contributed by atoms with E-state index in [4.69, 9.17) is 10.5 Å². The molecule has 6 nitrogen and oxygen atoms in total. The van der Waals surface area contributed by atoms with Crippen molar-refractivity contribution in [1.29, 1.82) is 0 Å². The van der Waals surface area contributed by atoms with E-state index in [9.17, 15) is 18.4 Å². The molecular formula is C19H16F2N2O4S. The van der Waals surface area contributed by atoms with Gasteiger partial charge in [-0.25, -0.2) is 0 Å². The quantitative estimate of drug-likeness (QED) is 0.729. The molecule has 2 aliphatic rings. The lowest BCUT2D eigenvalue weighted by atomic mass is 9.97. The fourth-order valence-electron chi connectivity index (χ4n) is 3.56. The molecule has 2 atom stereocenters. The Morgan fingerprint density at radius 3 is 2.68 bits per heavy atom. The van der Waals surface area contributed by atoms with Gasteiger partial charge in [-0.05, 0) is 48.2 Å². The normalized spacial score (nSPS) is 21.0. The molecule has 2 amide bonds. The highest BCUT2D eigenvalue weighted by Crippen LogP contribution is 2.44. The fraction of sp³-hybridized carbons (Fsp3) is 0.263. The number of benzene rings is 2. The molecule has 1 fully saturated rings. The molecule has 0 radical (unpaired) electrons. The maximum atomic E-state index is 12.6. The molecule has 1 unspecified atom stereocenters. The van der Waals surface area contributed by atoms with Crippen LogP contribution in [0.3, 0.4) is 0 Å². The standard InChI is InChI=1S/C19H16F2N2O4S/c20-18(21)27-15-8-10(22)2-6-14(15)26-11-3-5-12-9(7-11)1-4-13(12)16-17(24)23-19(25)28-16/h2-3,5-8,13,16,18H,1,4,22H2,(H,23,24,25)/t13-,16?/m1/s1. The second kappa shape index (κ2) is 7.31. The molecule has 0 aromatic heterocycles. The van der Waals surface area contributed by atoms with Crippen LogP contribution in [0.2, 0.25) is 0 Å². The van der Waals surface area contributed by atoms with Crippen molar-refractivity contribution >= 4 is 28.6 Å². The van der Waals surface area contributed by atoms with Crippen LogP contribution in [0.25, 0.3) is 0 Å². The molecule has 9 heteroatoms. The molecular weight excluding hydrogens is 390 g/mol. The number of rotatable bonds is 5. The summed E-state index contributed by atoms with van der Waals surface area (Å²) in [5.41, 5.74) is 7.90. The van der Waals surface area contributed by atoms with Crippen LogP contribution in [0.5, 0.6) is 17.2 Å². The number of halogens is 2. The first kappa shape index (κ1) is 18.5. The van der Waals surface area contributed by atoms with Crippen molar-refractivity contribution in [3.8, 4) is 17.2 Å². The zero-order chi connectivity index (χ0) is 19.8. The van der Waals surface area contributed by atoms with Gasteiger partial charge in [-0.2, -0.15) is 8.78 Å². The summed E-state index contributed by atoms with van der Waals surface area (Å²) in [6, 6.07) is 9.65. The van der Waals surface area contributed by atoms with Gasteiger partial charge in [0.15, 0.2) is 11.5 Å². The molecule has 3 N–H and O–H groups in total. The average Bonchev–Trinajstić information content (AvgIpc) is 3.18. The van der Waals surface area contributed by atoms with E-state index >= 15 is 0 Å². The molecule has 2 aromatic rings. The third-order valence-corrected chi connectivity index (χ3v) is 5.85. The summed E-state index contributed by atoms with van der Waals surface area (Å²) in [4.78, 5) is 23.4. The minimum absolute atomic E-state index is 0.0465. The van der Waals surface area contributed by atoms with E-state index < -0.39 is 11.9 Å². The number of nitrogens with one attached hydrogen (secondary N) is 1. The molecule has 1 aliphatic carbocycles. The Morgan fingerprint density at radius 1 is 1.14 bits per heavy atom. The van der Waals surface area contributed by atoms with E-state index in [-0.39, 0.29) is 34.3 Å². The molecule has 4 rings (SSSR count). The van der Waals surface area contributed by atoms with Gasteiger partial charge < -0.3 is 15.2 Å². The van der Waals surface area contributed by atoms with E-state index in [2.05, 4.69) is 10.1 Å². The van der Waals surface area contributed by atoms with Crippen molar-refractivity contribution in [3.05, 3.63) is 47.5 Å². The van der Waals surface area contributed by atoms with Gasteiger partial charge in [0.1, 0.15) is 11.0 Å². The highest BCUT2D eigenvalue weighted by molar-refractivity contribution is 8.15. The van der Waals surface area contributed by atoms with Crippen molar-refractivity contribution in [2.24, 2.45) is 0 Å². The van der Waals surface area contributed by atoms with Crippen molar-refractivity contribution in [2.75, 3.05) is 5.73 Å². The molecule has 0 bridgehead atoms. The Labute approximate surface area is 163 Å². The lowest BCUT2D eigenvalue weighted by molar-refractivity contribution is -0.119. The summed E-state index contributed by atoms with van der Waals surface area (Å²) in [6.45, 7) is -3.00. The topological polar surface area (TPSA) is 90.6 Å². The maximum absolute atomic E-state index is 12.6. The van der Waals surface area contributed by atoms with Gasteiger partial charge in [0.25, 0.3) is 5.24 Å². The van der Waals surface area contributed by atoms with E-state index in [1.165, 1.54) is 18.2 Å². The van der Waals surface area contributed by atoms with Crippen molar-refractivity contribution in [3.63, 3.8) is 0 Å². The van der Waals surface area contributed by atoms with E-state index in [0.29, 0.717) is 5.75 Å². The van der Waals surface area contributed by atoms with Gasteiger partial charge in [-0.1, -0.05) is 17.8 Å². The van der Waals surface area contributed by atoms with Gasteiger partial charge in [0.2, 0.25) is 5.91 Å². The summed E-state index contributed by atoms with van der Waals surface area (Å²) in [5, 5.41) is 1.57. The number of fused-ring (bicyclic) bond motifs is 1. The van der Waals surface area contributed by atoms with E-state index in [1.807, 2.05) is 12.1 Å². The van der Waals surface area contributed by atoms with Crippen molar-refractivity contribution < 1.29 is 27.8 Å². The van der Waals surface area contributed by atoms with Crippen molar-refractivity contribution in [1.82, 2.24) is 5.32 Å². The first-order valence-electron chi connectivity index (χ1n) is 8.57. The second-order valence-corrected chi connectivity index (χ2v) is 7.62. The van der Waals surface area contributed by atoms with Crippen LogP contribution in [-0.2, 0) is 11.2 Å². The maximum Gasteiger partial charge on any atom is 0.387 e. The Bertz CT molecular complexity index is 954. The first-order chi connectivity index (χ1) is 13.4. The van der Waals surface area contributed by atoms with Crippen LogP contribution in [0, 0.1) is 0 Å². The number of nitrogens with two attached hydrogens (primary N) is 1. The highest BCUT2D eigenvalue weighted by atomic mass is 32.2. The smallest absolute Gasteiger partial charge is 0.387 e. The fourth-order valence-corrected chi connectivity index (χ4v) is 4.57. The highest BCUT2D eigenvalue weighted by Gasteiger charge is 2.41. The molecule has 0 spiro atoms. The van der Waals surface area contributed by atoms with E-state index in [0.717, 1.165) is 35.7 Å². The number of hydrogen-bond acceptors (Lipinski definition) is 6. The average molecular weight is 406 g/mol. The Kier molecular flexibility index (Phi) is 4.84. The minimum Gasteiger partial charge on any atom is -0.453 e. The Morgan fingerprint density at radius 2 is 1.96 bits per heavy atom. The number of carbonyl (C=O) groups excluding carboxylic acids is 2. The summed E-state index contributed by atoms with van der Waals surface area (Å²) in [6.07, 6.45) is 1.48. The van der Waals surface area contributed by atoms with Gasteiger partial charge in [0.05, 0.1) is 0 Å². The Balaban J connectivity index is 1.56. The molecule has 146 valence electrons. The minimum atomic E-state index is -3.00. The molecule has 0 saturated carbocycles. The molecule has 1 heterocycles. The zero-order valence-electron chi connectivity index (χ0n) is 14.5. The van der Waals surface area contributed by atoms with Crippen molar-refractivity contribution in [2.45, 2.75) is 30.6 Å². The number of alkyl halides is 2. The van der Waals surface area contributed by atoms with Gasteiger partial charge in [-0.15, -0.1) is 0 Å². The number of anilines is 1. The number of aryl methyl sites for hydroxylation is 1. The predicted molar refractivity (Wildman–Crippen MR) is 100.0 cm³/mol. The number of carbonyl (C=O) groups is 2. The summed E-state index contributed by atoms with van der Waals surface area (Å²) in [5.74, 6) is 0.132. The lowest BCUT2D eigenvalue weighted by Gasteiger charge is -2.16. The van der Waals surface area contributed by atoms with Crippen LogP contribution in [0.4, 0.5) is 19.3 Å². The SMILES string of the molecule is Nc1ccc(Oc2ccc3c(c2)CC[C@H]3C2SC(=O)NC2=O)c(OC(F)F)c1. The van der Waals surface area contributed by atoms with Gasteiger partial charge >= 0.3 is 6.61 Å². The molecule has 2 aromatic carbocycles. The molecule has 28 heavy (non-hydrogen) atoms. The summed E-state index contributed by atoms with van der Waals surface area (Å²) < 4.78 is 35.5. The monoisotopic (exact) mass is 406 g/mol. The number of imide groups is 1. The third kappa shape index (κ3) is 3.62. The third-order valence-electron chi connectivity index (χ3n) is 4.73. The number of thioether (sulfide) groups is 1. The predicted octanol–water partition coefficient (Wildman–Crippen LogP) is 4.04. The van der Waals surface area contributed by atoms with Crippen LogP contribution in [0.15, 0.2) is 36.4 Å². The number of ether oxygens (including phenoxy) is 2. The largest absolute Gasteiger partial charge is 0.453 e. The molecule has 1 aliphatic heterocycles. The number of amides is 2. The van der Waals surface area contributed by atoms with Crippen LogP contribution in [-0.4, -0.2) is 23.0 Å². The molecule has 1 saturated heterocycles. The second-order valence-electron chi connectivity index (χ2n) is 6.51. The number of hydrogen-bond donors (Lipinski definition) is 2. The van der Waals surface area contributed by atoms with Gasteiger partial charge in [-0.3, -0.25) is 14.9 Å². The van der Waals surface area contributed by atoms with Crippen LogP contribution in [0.1, 0.15) is 23.5 Å². The van der Waals surface area contributed by atoms with Crippen LogP contribution >= 0.6 is 11.8 Å². The summed E-state index contributed by atoms with van der Waals surface area (Å²) in [7, 11) is 0.